The molecule has 0 bridgehead atoms. The lowest BCUT2D eigenvalue weighted by Gasteiger charge is -2.26. The third-order valence-corrected chi connectivity index (χ3v) is 3.33. The highest BCUT2D eigenvalue weighted by Gasteiger charge is 2.21. The fourth-order valence-electron chi connectivity index (χ4n) is 1.99. The molecule has 104 valence electrons. The second-order valence-corrected chi connectivity index (χ2v) is 5.65. The fraction of sp³-hybridized carbons (Fsp3) is 0.571. The van der Waals surface area contributed by atoms with E-state index in [0.717, 1.165) is 17.4 Å². The summed E-state index contributed by atoms with van der Waals surface area (Å²) in [6.45, 7) is 7.31. The van der Waals surface area contributed by atoms with Crippen LogP contribution in [-0.2, 0) is 6.54 Å². The molecule has 19 heavy (non-hydrogen) atoms. The summed E-state index contributed by atoms with van der Waals surface area (Å²) in [4.78, 5) is 14.3. The van der Waals surface area contributed by atoms with Gasteiger partial charge in [-0.2, -0.15) is 5.26 Å². The molecule has 1 rings (SSSR count). The normalized spacial score (nSPS) is 10.5. The van der Waals surface area contributed by atoms with Gasteiger partial charge >= 0.3 is 0 Å². The molecule has 0 radical (unpaired) electrons. The maximum absolute atomic E-state index is 12.6. The lowest BCUT2D eigenvalue weighted by Crippen LogP contribution is -2.38. The Morgan fingerprint density at radius 3 is 2.79 bits per heavy atom. The maximum atomic E-state index is 12.6. The van der Waals surface area contributed by atoms with Gasteiger partial charge in [0.1, 0.15) is 5.69 Å². The molecule has 0 aliphatic carbocycles. The van der Waals surface area contributed by atoms with Gasteiger partial charge in [-0.05, 0) is 42.3 Å². The van der Waals surface area contributed by atoms with E-state index in [0.29, 0.717) is 18.7 Å². The molecule has 0 aliphatic heterocycles. The van der Waals surface area contributed by atoms with Crippen molar-refractivity contribution in [3.8, 4) is 6.07 Å². The predicted molar refractivity (Wildman–Crippen MR) is 78.8 cm³/mol. The minimum absolute atomic E-state index is 0.00981. The minimum atomic E-state index is -0.00981. The molecule has 0 saturated heterocycles. The van der Waals surface area contributed by atoms with Crippen LogP contribution < -0.4 is 0 Å². The summed E-state index contributed by atoms with van der Waals surface area (Å²) in [6, 6.07) is 4.03. The van der Waals surface area contributed by atoms with Gasteiger partial charge in [0, 0.05) is 29.8 Å². The molecule has 0 fully saturated rings. The number of amides is 1. The molecule has 1 heterocycles. The number of nitrogens with zero attached hydrogens (tertiary/aromatic N) is 3. The molecule has 1 amide bonds. The van der Waals surface area contributed by atoms with Gasteiger partial charge in [0.25, 0.3) is 5.91 Å². The van der Waals surface area contributed by atoms with Crippen LogP contribution in [0.4, 0.5) is 0 Å². The van der Waals surface area contributed by atoms with Crippen LogP contribution >= 0.6 is 15.9 Å². The number of carbonyl (C=O) groups is 1. The summed E-state index contributed by atoms with van der Waals surface area (Å²) in [5.74, 6) is -0.00981. The highest BCUT2D eigenvalue weighted by molar-refractivity contribution is 9.10. The summed E-state index contributed by atoms with van der Waals surface area (Å²) in [7, 11) is 0. The topological polar surface area (TPSA) is 49.0 Å². The van der Waals surface area contributed by atoms with Crippen molar-refractivity contribution in [3.63, 3.8) is 0 Å². The number of aromatic nitrogens is 1. The third-order valence-electron chi connectivity index (χ3n) is 2.90. The quantitative estimate of drug-likeness (QED) is 0.804. The van der Waals surface area contributed by atoms with Crippen molar-refractivity contribution >= 4 is 21.8 Å². The van der Waals surface area contributed by atoms with Gasteiger partial charge in [0.05, 0.1) is 12.5 Å². The average Bonchev–Trinajstić information content (AvgIpc) is 2.70. The SMILES string of the molecule is CCCn1cc(Br)cc1C(=O)N(CCC#N)C(C)C. The van der Waals surface area contributed by atoms with Gasteiger partial charge in [-0.1, -0.05) is 6.92 Å². The first-order valence-corrected chi connectivity index (χ1v) is 7.34. The van der Waals surface area contributed by atoms with Crippen molar-refractivity contribution in [3.05, 3.63) is 22.4 Å². The van der Waals surface area contributed by atoms with Crippen molar-refractivity contribution < 1.29 is 4.79 Å². The Balaban J connectivity index is 2.99. The highest BCUT2D eigenvalue weighted by Crippen LogP contribution is 2.18. The van der Waals surface area contributed by atoms with Gasteiger partial charge in [-0.3, -0.25) is 4.79 Å². The largest absolute Gasteiger partial charge is 0.342 e. The first-order chi connectivity index (χ1) is 9.01. The van der Waals surface area contributed by atoms with Gasteiger partial charge in [-0.25, -0.2) is 0 Å². The molecule has 0 unspecified atom stereocenters. The second-order valence-electron chi connectivity index (χ2n) is 4.74. The summed E-state index contributed by atoms with van der Waals surface area (Å²) in [6.07, 6.45) is 3.26. The fourth-order valence-corrected chi connectivity index (χ4v) is 2.46. The summed E-state index contributed by atoms with van der Waals surface area (Å²) < 4.78 is 2.88. The number of hydrogen-bond donors (Lipinski definition) is 0. The summed E-state index contributed by atoms with van der Waals surface area (Å²) in [5, 5.41) is 8.69. The summed E-state index contributed by atoms with van der Waals surface area (Å²) >= 11 is 3.42. The molecular formula is C14H20BrN3O. The number of aryl methyl sites for hydroxylation is 1. The minimum Gasteiger partial charge on any atom is -0.342 e. The van der Waals surface area contributed by atoms with E-state index in [2.05, 4.69) is 28.9 Å². The first kappa shape index (κ1) is 15.8. The molecule has 0 aliphatic rings. The number of nitriles is 1. The molecule has 0 N–H and O–H groups in total. The lowest BCUT2D eigenvalue weighted by atomic mass is 10.2. The third kappa shape index (κ3) is 4.10. The number of hydrogen-bond acceptors (Lipinski definition) is 2. The van der Waals surface area contributed by atoms with Crippen molar-refractivity contribution in [2.45, 2.75) is 46.2 Å². The van der Waals surface area contributed by atoms with Crippen LogP contribution in [0.3, 0.4) is 0 Å². The maximum Gasteiger partial charge on any atom is 0.270 e. The zero-order valence-corrected chi connectivity index (χ0v) is 13.3. The van der Waals surface area contributed by atoms with Crippen LogP contribution in [0.2, 0.25) is 0 Å². The Hall–Kier alpha value is -1.28. The molecule has 0 spiro atoms. The van der Waals surface area contributed by atoms with Crippen LogP contribution in [0.15, 0.2) is 16.7 Å². The van der Waals surface area contributed by atoms with Crippen molar-refractivity contribution in [1.82, 2.24) is 9.47 Å². The molecule has 1 aromatic rings. The highest BCUT2D eigenvalue weighted by atomic mass is 79.9. The Morgan fingerprint density at radius 2 is 2.26 bits per heavy atom. The van der Waals surface area contributed by atoms with E-state index in [1.165, 1.54) is 0 Å². The molecule has 5 heteroatoms. The number of carbonyl (C=O) groups excluding carboxylic acids is 1. The van der Waals surface area contributed by atoms with E-state index in [9.17, 15) is 4.79 Å². The van der Waals surface area contributed by atoms with Gasteiger partial charge in [-0.15, -0.1) is 0 Å². The molecule has 1 aromatic heterocycles. The monoisotopic (exact) mass is 325 g/mol. The van der Waals surface area contributed by atoms with Gasteiger partial charge in [0.2, 0.25) is 0 Å². The van der Waals surface area contributed by atoms with Crippen molar-refractivity contribution in [1.29, 1.82) is 5.26 Å². The molecule has 0 atom stereocenters. The van der Waals surface area contributed by atoms with Crippen molar-refractivity contribution in [2.75, 3.05) is 6.54 Å². The Morgan fingerprint density at radius 1 is 1.58 bits per heavy atom. The standard InChI is InChI=1S/C14H20BrN3O/c1-4-7-17-10-12(15)9-13(17)14(19)18(11(2)3)8-5-6-16/h9-11H,4-5,7-8H2,1-3H3. The van der Waals surface area contributed by atoms with Crippen LogP contribution in [0.1, 0.15) is 44.1 Å². The van der Waals surface area contributed by atoms with E-state index < -0.39 is 0 Å². The van der Waals surface area contributed by atoms with Crippen LogP contribution in [-0.4, -0.2) is 28.0 Å². The Bertz CT molecular complexity index is 474. The smallest absolute Gasteiger partial charge is 0.270 e. The van der Waals surface area contributed by atoms with Crippen LogP contribution in [0, 0.1) is 11.3 Å². The zero-order chi connectivity index (χ0) is 14.4. The average molecular weight is 326 g/mol. The number of rotatable bonds is 6. The number of halogens is 1. The zero-order valence-electron chi connectivity index (χ0n) is 11.7. The molecule has 0 aromatic carbocycles. The lowest BCUT2D eigenvalue weighted by molar-refractivity contribution is 0.0699. The van der Waals surface area contributed by atoms with Crippen LogP contribution in [0.5, 0.6) is 0 Å². The Labute approximate surface area is 123 Å². The van der Waals surface area contributed by atoms with E-state index in [-0.39, 0.29) is 11.9 Å². The molecule has 4 nitrogen and oxygen atoms in total. The van der Waals surface area contributed by atoms with E-state index in [1.807, 2.05) is 30.7 Å². The summed E-state index contributed by atoms with van der Waals surface area (Å²) in [5.41, 5.74) is 0.681. The Kier molecular flexibility index (Phi) is 6.10. The van der Waals surface area contributed by atoms with E-state index >= 15 is 0 Å². The van der Waals surface area contributed by atoms with Gasteiger partial charge < -0.3 is 9.47 Å². The van der Waals surface area contributed by atoms with Gasteiger partial charge in [0.15, 0.2) is 0 Å². The van der Waals surface area contributed by atoms with Crippen molar-refractivity contribution in [2.24, 2.45) is 0 Å². The first-order valence-electron chi connectivity index (χ1n) is 6.54. The second kappa shape index (κ2) is 7.34. The van der Waals surface area contributed by atoms with E-state index in [4.69, 9.17) is 5.26 Å². The molecule has 0 saturated carbocycles. The predicted octanol–water partition coefficient (Wildman–Crippen LogP) is 3.42. The molecular weight excluding hydrogens is 306 g/mol. The van der Waals surface area contributed by atoms with E-state index in [1.54, 1.807) is 4.90 Å². The van der Waals surface area contributed by atoms with Crippen LogP contribution in [0.25, 0.3) is 0 Å².